The number of anilines is 1. The van der Waals surface area contributed by atoms with Gasteiger partial charge < -0.3 is 5.32 Å². The minimum Gasteiger partial charge on any atom is -0.322 e. The van der Waals surface area contributed by atoms with E-state index in [1.54, 1.807) is 36.1 Å². The topological polar surface area (TPSA) is 105 Å². The Morgan fingerprint density at radius 2 is 2.04 bits per heavy atom. The van der Waals surface area contributed by atoms with Crippen molar-refractivity contribution in [1.29, 1.82) is 0 Å². The number of rotatable bonds is 4. The Morgan fingerprint density at radius 1 is 1.32 bits per heavy atom. The van der Waals surface area contributed by atoms with Gasteiger partial charge in [0.2, 0.25) is 5.91 Å². The number of nitrogens with zero attached hydrogens (tertiary/aromatic N) is 3. The molecule has 0 saturated heterocycles. The van der Waals surface area contributed by atoms with E-state index in [0.29, 0.717) is 11.3 Å². The van der Waals surface area contributed by atoms with E-state index in [2.05, 4.69) is 20.1 Å². The van der Waals surface area contributed by atoms with Gasteiger partial charge in [-0.3, -0.25) is 19.2 Å². The number of carbonyl (C=O) groups excluding carboxylic acids is 1. The molecule has 0 radical (unpaired) electrons. The van der Waals surface area contributed by atoms with Crippen molar-refractivity contribution < 1.29 is 13.2 Å². The zero-order chi connectivity index (χ0) is 18.2. The number of hydrogen-bond acceptors (Lipinski definition) is 5. The van der Waals surface area contributed by atoms with Gasteiger partial charge in [0, 0.05) is 18.8 Å². The zero-order valence-electron chi connectivity index (χ0n) is 14.1. The van der Waals surface area contributed by atoms with Gasteiger partial charge in [0.15, 0.2) is 0 Å². The van der Waals surface area contributed by atoms with E-state index in [1.807, 2.05) is 13.8 Å². The van der Waals surface area contributed by atoms with Crippen molar-refractivity contribution in [3.8, 4) is 0 Å². The fourth-order valence-corrected chi connectivity index (χ4v) is 3.82. The molecule has 1 aromatic heterocycles. The lowest BCUT2D eigenvalue weighted by Crippen LogP contribution is -2.34. The standard InChI is InChI=1S/C16H19N5O3S/c1-10(2)14(16(22)18-11-8-17-21(3)9-11)19-15-12-6-4-5-7-13(12)25(23,24)20-15/h4-10,14H,1-3H3,(H,18,22)(H,19,20)/t14-/m0/s1. The second-order valence-electron chi connectivity index (χ2n) is 6.16. The third kappa shape index (κ3) is 3.41. The van der Waals surface area contributed by atoms with Crippen LogP contribution in [0.15, 0.2) is 46.5 Å². The van der Waals surface area contributed by atoms with Crippen LogP contribution < -0.4 is 10.0 Å². The molecule has 8 nitrogen and oxygen atoms in total. The predicted octanol–water partition coefficient (Wildman–Crippen LogP) is 1.12. The third-order valence-electron chi connectivity index (χ3n) is 3.80. The van der Waals surface area contributed by atoms with Crippen LogP contribution in [-0.4, -0.2) is 36.0 Å². The van der Waals surface area contributed by atoms with Crippen LogP contribution in [0, 0.1) is 5.92 Å². The Bertz CT molecular complexity index is 946. The minimum absolute atomic E-state index is 0.124. The van der Waals surface area contributed by atoms with E-state index < -0.39 is 16.1 Å². The monoisotopic (exact) mass is 361 g/mol. The smallest absolute Gasteiger partial charge is 0.263 e. The van der Waals surface area contributed by atoms with Crippen LogP contribution in [0.2, 0.25) is 0 Å². The van der Waals surface area contributed by atoms with Crippen molar-refractivity contribution in [1.82, 2.24) is 14.5 Å². The van der Waals surface area contributed by atoms with Gasteiger partial charge in [-0.2, -0.15) is 5.10 Å². The summed E-state index contributed by atoms with van der Waals surface area (Å²) in [5.74, 6) is -0.254. The van der Waals surface area contributed by atoms with E-state index in [4.69, 9.17) is 0 Å². The lowest BCUT2D eigenvalue weighted by atomic mass is 10.0. The molecule has 25 heavy (non-hydrogen) atoms. The first kappa shape index (κ1) is 17.2. The van der Waals surface area contributed by atoms with Gasteiger partial charge in [0.05, 0.1) is 16.8 Å². The van der Waals surface area contributed by atoms with Gasteiger partial charge in [-0.05, 0) is 18.1 Å². The molecule has 0 unspecified atom stereocenters. The van der Waals surface area contributed by atoms with Crippen LogP contribution >= 0.6 is 0 Å². The number of benzene rings is 1. The molecule has 0 fully saturated rings. The van der Waals surface area contributed by atoms with Gasteiger partial charge in [-0.15, -0.1) is 0 Å². The summed E-state index contributed by atoms with van der Waals surface area (Å²) in [7, 11) is -1.88. The summed E-state index contributed by atoms with van der Waals surface area (Å²) < 4.78 is 28.4. The summed E-state index contributed by atoms with van der Waals surface area (Å²) in [6, 6.07) is 5.82. The van der Waals surface area contributed by atoms with Gasteiger partial charge in [0.1, 0.15) is 11.9 Å². The molecule has 2 N–H and O–H groups in total. The normalized spacial score (nSPS) is 18.0. The van der Waals surface area contributed by atoms with E-state index in [0.717, 1.165) is 0 Å². The largest absolute Gasteiger partial charge is 0.322 e. The van der Waals surface area contributed by atoms with Crippen LogP contribution in [-0.2, 0) is 21.9 Å². The van der Waals surface area contributed by atoms with Crippen molar-refractivity contribution in [3.05, 3.63) is 42.2 Å². The highest BCUT2D eigenvalue weighted by molar-refractivity contribution is 7.90. The maximum atomic E-state index is 12.6. The molecule has 9 heteroatoms. The number of aliphatic imine (C=N–C) groups is 1. The SMILES string of the molecule is CC(C)[C@H](N=C1NS(=O)(=O)c2ccccc21)C(=O)Nc1cnn(C)c1. The van der Waals surface area contributed by atoms with E-state index in [-0.39, 0.29) is 22.6 Å². The Morgan fingerprint density at radius 3 is 2.68 bits per heavy atom. The fourth-order valence-electron chi connectivity index (χ4n) is 2.58. The quantitative estimate of drug-likeness (QED) is 0.851. The molecule has 3 rings (SSSR count). The summed E-state index contributed by atoms with van der Waals surface area (Å²) >= 11 is 0. The molecule has 1 aliphatic rings. The average Bonchev–Trinajstić information content (AvgIpc) is 3.06. The molecule has 2 heterocycles. The van der Waals surface area contributed by atoms with Crippen LogP contribution in [0.5, 0.6) is 0 Å². The van der Waals surface area contributed by atoms with Gasteiger partial charge >= 0.3 is 0 Å². The second-order valence-corrected chi connectivity index (χ2v) is 7.81. The third-order valence-corrected chi connectivity index (χ3v) is 5.20. The van der Waals surface area contributed by atoms with Crippen molar-refractivity contribution in [2.45, 2.75) is 24.8 Å². The molecule has 1 aromatic carbocycles. The first-order valence-corrected chi connectivity index (χ1v) is 9.26. The highest BCUT2D eigenvalue weighted by Crippen LogP contribution is 2.23. The van der Waals surface area contributed by atoms with Crippen molar-refractivity contribution in [3.63, 3.8) is 0 Å². The summed E-state index contributed by atoms with van der Waals surface area (Å²) in [5, 5.41) is 6.76. The van der Waals surface area contributed by atoms with Gasteiger partial charge in [-0.1, -0.05) is 26.0 Å². The first-order valence-electron chi connectivity index (χ1n) is 7.77. The Labute approximate surface area is 146 Å². The lowest BCUT2D eigenvalue weighted by Gasteiger charge is -2.16. The van der Waals surface area contributed by atoms with Crippen molar-refractivity contribution in [2.75, 3.05) is 5.32 Å². The molecule has 1 aliphatic heterocycles. The fraction of sp³-hybridized carbons (Fsp3) is 0.312. The predicted molar refractivity (Wildman–Crippen MR) is 93.8 cm³/mol. The van der Waals surface area contributed by atoms with Crippen molar-refractivity contribution in [2.24, 2.45) is 18.0 Å². The van der Waals surface area contributed by atoms with Gasteiger partial charge in [-0.25, -0.2) is 8.42 Å². The number of aromatic nitrogens is 2. The summed E-state index contributed by atoms with van der Waals surface area (Å²) in [6.45, 7) is 3.71. The van der Waals surface area contributed by atoms with E-state index in [1.165, 1.54) is 12.3 Å². The Balaban J connectivity index is 1.92. The van der Waals surface area contributed by atoms with Gasteiger partial charge in [0.25, 0.3) is 10.0 Å². The molecular formula is C16H19N5O3S. The van der Waals surface area contributed by atoms with Crippen LogP contribution in [0.1, 0.15) is 19.4 Å². The molecule has 0 spiro atoms. The van der Waals surface area contributed by atoms with Crippen LogP contribution in [0.4, 0.5) is 5.69 Å². The molecule has 0 bridgehead atoms. The minimum atomic E-state index is -3.63. The second kappa shape index (κ2) is 6.32. The number of hydrogen-bond donors (Lipinski definition) is 2. The van der Waals surface area contributed by atoms with Crippen molar-refractivity contribution >= 4 is 27.5 Å². The lowest BCUT2D eigenvalue weighted by molar-refractivity contribution is -0.118. The number of amides is 1. The number of nitrogens with one attached hydrogen (secondary N) is 2. The number of fused-ring (bicyclic) bond motifs is 1. The molecule has 0 saturated carbocycles. The number of aryl methyl sites for hydroxylation is 1. The molecular weight excluding hydrogens is 342 g/mol. The number of carbonyl (C=O) groups is 1. The van der Waals surface area contributed by atoms with E-state index in [9.17, 15) is 13.2 Å². The van der Waals surface area contributed by atoms with Crippen LogP contribution in [0.25, 0.3) is 0 Å². The summed E-state index contributed by atoms with van der Waals surface area (Å²) in [4.78, 5) is 17.2. The van der Waals surface area contributed by atoms with Crippen LogP contribution in [0.3, 0.4) is 0 Å². The Hall–Kier alpha value is -2.68. The molecule has 2 aromatic rings. The van der Waals surface area contributed by atoms with E-state index >= 15 is 0 Å². The maximum absolute atomic E-state index is 12.6. The summed E-state index contributed by atoms with van der Waals surface area (Å²) in [5.41, 5.74) is 1.04. The number of amidine groups is 1. The molecule has 1 atom stereocenters. The highest BCUT2D eigenvalue weighted by atomic mass is 32.2. The first-order chi connectivity index (χ1) is 11.8. The maximum Gasteiger partial charge on any atom is 0.263 e. The average molecular weight is 361 g/mol. The summed E-state index contributed by atoms with van der Waals surface area (Å²) in [6.07, 6.45) is 3.21. The highest BCUT2D eigenvalue weighted by Gasteiger charge is 2.32. The number of sulfonamides is 1. The molecule has 132 valence electrons. The Kier molecular flexibility index (Phi) is 4.34. The molecule has 0 aliphatic carbocycles. The molecule has 1 amide bonds. The zero-order valence-corrected chi connectivity index (χ0v) is 14.9.